The van der Waals surface area contributed by atoms with Crippen LogP contribution in [0.5, 0.6) is 0 Å². The molecule has 0 spiro atoms. The van der Waals surface area contributed by atoms with E-state index in [1.807, 2.05) is 26.0 Å². The normalized spacial score (nSPS) is 18.2. The van der Waals surface area contributed by atoms with E-state index < -0.39 is 6.04 Å². The highest BCUT2D eigenvalue weighted by Gasteiger charge is 2.30. The summed E-state index contributed by atoms with van der Waals surface area (Å²) in [4.78, 5) is 25.5. The van der Waals surface area contributed by atoms with Crippen molar-refractivity contribution in [2.24, 2.45) is 5.92 Å². The van der Waals surface area contributed by atoms with Gasteiger partial charge in [-0.1, -0.05) is 44.5 Å². The van der Waals surface area contributed by atoms with Crippen molar-refractivity contribution >= 4 is 11.8 Å². The number of hydrogen-bond donors (Lipinski definition) is 3. The minimum atomic E-state index is -0.573. The zero-order valence-corrected chi connectivity index (χ0v) is 15.8. The van der Waals surface area contributed by atoms with Crippen molar-refractivity contribution in [3.63, 3.8) is 0 Å². The fourth-order valence-corrected chi connectivity index (χ4v) is 3.29. The first kappa shape index (κ1) is 19.2. The summed E-state index contributed by atoms with van der Waals surface area (Å²) in [5.41, 5.74) is 2.40. The molecule has 144 valence electrons. The molecule has 3 N–H and O–H groups in total. The summed E-state index contributed by atoms with van der Waals surface area (Å²) >= 11 is 0. The Morgan fingerprint density at radius 1 is 1.22 bits per heavy atom. The molecule has 1 aliphatic heterocycles. The number of carbonyl (C=O) groups excluding carboxylic acids is 2. The number of hydrogen-bond acceptors (Lipinski definition) is 4. The van der Waals surface area contributed by atoms with Gasteiger partial charge in [0.05, 0.1) is 18.8 Å². The summed E-state index contributed by atoms with van der Waals surface area (Å²) < 4.78 is 5.25. The van der Waals surface area contributed by atoms with E-state index in [-0.39, 0.29) is 23.8 Å². The fraction of sp³-hybridized carbons (Fsp3) is 0.429. The molecule has 1 aromatic carbocycles. The van der Waals surface area contributed by atoms with Crippen molar-refractivity contribution in [3.05, 3.63) is 59.5 Å². The largest absolute Gasteiger partial charge is 0.467 e. The Morgan fingerprint density at radius 3 is 2.70 bits per heavy atom. The highest BCUT2D eigenvalue weighted by molar-refractivity contribution is 5.90. The lowest BCUT2D eigenvalue weighted by atomic mass is 9.94. The molecule has 1 aliphatic rings. The van der Waals surface area contributed by atoms with Gasteiger partial charge in [0.1, 0.15) is 11.8 Å². The molecule has 1 aromatic heterocycles. The number of carbonyl (C=O) groups is 2. The summed E-state index contributed by atoms with van der Waals surface area (Å²) in [7, 11) is 0. The summed E-state index contributed by atoms with van der Waals surface area (Å²) in [6.07, 6.45) is 2.99. The summed E-state index contributed by atoms with van der Waals surface area (Å²) in [6, 6.07) is 10.8. The third-order valence-corrected chi connectivity index (χ3v) is 5.21. The van der Waals surface area contributed by atoms with Crippen molar-refractivity contribution < 1.29 is 14.0 Å². The van der Waals surface area contributed by atoms with Crippen LogP contribution >= 0.6 is 0 Å². The van der Waals surface area contributed by atoms with E-state index in [0.29, 0.717) is 25.3 Å². The summed E-state index contributed by atoms with van der Waals surface area (Å²) in [5, 5.41) is 9.08. The van der Waals surface area contributed by atoms with Crippen molar-refractivity contribution in [2.75, 3.05) is 0 Å². The van der Waals surface area contributed by atoms with Gasteiger partial charge < -0.3 is 20.4 Å². The van der Waals surface area contributed by atoms with Crippen LogP contribution in [0.3, 0.4) is 0 Å². The van der Waals surface area contributed by atoms with Gasteiger partial charge in [-0.3, -0.25) is 9.59 Å². The van der Waals surface area contributed by atoms with E-state index in [0.717, 1.165) is 6.42 Å². The van der Waals surface area contributed by atoms with E-state index in [1.54, 1.807) is 18.4 Å². The van der Waals surface area contributed by atoms with Gasteiger partial charge in [-0.15, -0.1) is 0 Å². The Hall–Kier alpha value is -2.60. The number of furan rings is 1. The van der Waals surface area contributed by atoms with Gasteiger partial charge in [-0.2, -0.15) is 0 Å². The smallest absolute Gasteiger partial charge is 0.243 e. The van der Waals surface area contributed by atoms with Crippen LogP contribution < -0.4 is 16.0 Å². The highest BCUT2D eigenvalue weighted by Crippen LogP contribution is 2.17. The maximum atomic E-state index is 12.8. The molecule has 3 atom stereocenters. The van der Waals surface area contributed by atoms with E-state index in [4.69, 9.17) is 4.42 Å². The maximum absolute atomic E-state index is 12.8. The van der Waals surface area contributed by atoms with Crippen molar-refractivity contribution in [1.82, 2.24) is 16.0 Å². The molecule has 0 unspecified atom stereocenters. The predicted octanol–water partition coefficient (Wildman–Crippen LogP) is 2.14. The Balaban J connectivity index is 1.62. The lowest BCUT2D eigenvalue weighted by molar-refractivity contribution is -0.131. The number of amides is 2. The molecule has 27 heavy (non-hydrogen) atoms. The maximum Gasteiger partial charge on any atom is 0.243 e. The molecule has 0 bridgehead atoms. The second kappa shape index (κ2) is 8.86. The van der Waals surface area contributed by atoms with E-state index in [9.17, 15) is 9.59 Å². The molecule has 0 saturated carbocycles. The predicted molar refractivity (Wildman–Crippen MR) is 103 cm³/mol. The van der Waals surface area contributed by atoms with Gasteiger partial charge in [-0.25, -0.2) is 0 Å². The van der Waals surface area contributed by atoms with Crippen LogP contribution in [0, 0.1) is 5.92 Å². The average molecular weight is 369 g/mol. The lowest BCUT2D eigenvalue weighted by Crippen LogP contribution is -2.56. The molecule has 2 heterocycles. The number of nitrogens with one attached hydrogen (secondary N) is 3. The summed E-state index contributed by atoms with van der Waals surface area (Å²) in [5.74, 6) is 0.387. The third-order valence-electron chi connectivity index (χ3n) is 5.21. The molecular weight excluding hydrogens is 342 g/mol. The minimum Gasteiger partial charge on any atom is -0.467 e. The quantitative estimate of drug-likeness (QED) is 0.698. The first-order valence-corrected chi connectivity index (χ1v) is 9.49. The number of fused-ring (bicyclic) bond motifs is 1. The Morgan fingerprint density at radius 2 is 2.00 bits per heavy atom. The van der Waals surface area contributed by atoms with Crippen LogP contribution in [0.1, 0.15) is 37.2 Å². The van der Waals surface area contributed by atoms with Gasteiger partial charge in [0.2, 0.25) is 11.8 Å². The molecule has 0 aliphatic carbocycles. The van der Waals surface area contributed by atoms with E-state index >= 15 is 0 Å². The average Bonchev–Trinajstić information content (AvgIpc) is 3.22. The molecule has 6 heteroatoms. The van der Waals surface area contributed by atoms with Crippen LogP contribution in [0.2, 0.25) is 0 Å². The fourth-order valence-electron chi connectivity index (χ4n) is 3.29. The van der Waals surface area contributed by atoms with Gasteiger partial charge in [-0.05, 0) is 35.6 Å². The minimum absolute atomic E-state index is 0.0291. The first-order valence-electron chi connectivity index (χ1n) is 9.49. The standard InChI is InChI=1S/C21H27N3O3/c1-3-14(2)19(21(26)23-13-17-9-6-10-27-17)24-20(25)18-11-15-7-4-5-8-16(15)12-22-18/h4-10,14,18-19,22H,3,11-13H2,1-2H3,(H,23,26)(H,24,25)/t14-,18-,19-/m0/s1. The Kier molecular flexibility index (Phi) is 6.29. The third kappa shape index (κ3) is 4.77. The van der Waals surface area contributed by atoms with Crippen LogP contribution in [0.15, 0.2) is 47.1 Å². The van der Waals surface area contributed by atoms with Crippen LogP contribution in [-0.4, -0.2) is 23.9 Å². The summed E-state index contributed by atoms with van der Waals surface area (Å²) in [6.45, 7) is 4.95. The molecule has 0 saturated heterocycles. The highest BCUT2D eigenvalue weighted by atomic mass is 16.3. The molecule has 3 rings (SSSR count). The SMILES string of the molecule is CC[C@H](C)[C@H](NC(=O)[C@@H]1Cc2ccccc2CN1)C(=O)NCc1ccco1. The zero-order valence-electron chi connectivity index (χ0n) is 15.8. The molecule has 0 fully saturated rings. The lowest BCUT2D eigenvalue weighted by Gasteiger charge is -2.29. The first-order chi connectivity index (χ1) is 13.1. The van der Waals surface area contributed by atoms with E-state index in [2.05, 4.69) is 28.1 Å². The van der Waals surface area contributed by atoms with Gasteiger partial charge in [0.15, 0.2) is 0 Å². The van der Waals surface area contributed by atoms with Crippen molar-refractivity contribution in [1.29, 1.82) is 0 Å². The van der Waals surface area contributed by atoms with Crippen LogP contribution in [0.25, 0.3) is 0 Å². The van der Waals surface area contributed by atoms with Crippen molar-refractivity contribution in [3.8, 4) is 0 Å². The molecular formula is C21H27N3O3. The second-order valence-electron chi connectivity index (χ2n) is 7.08. The van der Waals surface area contributed by atoms with Gasteiger partial charge in [0.25, 0.3) is 0 Å². The van der Waals surface area contributed by atoms with Gasteiger partial charge >= 0.3 is 0 Å². The topological polar surface area (TPSA) is 83.4 Å². The van der Waals surface area contributed by atoms with E-state index in [1.165, 1.54) is 11.1 Å². The monoisotopic (exact) mass is 369 g/mol. The Bertz CT molecular complexity index is 773. The molecule has 6 nitrogen and oxygen atoms in total. The molecule has 0 radical (unpaired) electrons. The molecule has 2 amide bonds. The number of rotatable bonds is 7. The zero-order chi connectivity index (χ0) is 19.2. The van der Waals surface area contributed by atoms with Crippen LogP contribution in [0.4, 0.5) is 0 Å². The van der Waals surface area contributed by atoms with Gasteiger partial charge in [0, 0.05) is 6.54 Å². The number of benzene rings is 1. The Labute approximate surface area is 159 Å². The molecule has 2 aromatic rings. The van der Waals surface area contributed by atoms with Crippen molar-refractivity contribution in [2.45, 2.75) is 51.9 Å². The van der Waals surface area contributed by atoms with Crippen LogP contribution in [-0.2, 0) is 29.1 Å². The second-order valence-corrected chi connectivity index (χ2v) is 7.08.